The van der Waals surface area contributed by atoms with Gasteiger partial charge in [-0.25, -0.2) is 0 Å². The first-order chi connectivity index (χ1) is 6.76. The van der Waals surface area contributed by atoms with Gasteiger partial charge in [0.2, 0.25) is 0 Å². The Labute approximate surface area is 89.1 Å². The summed E-state index contributed by atoms with van der Waals surface area (Å²) in [7, 11) is 2.06. The minimum absolute atomic E-state index is 0.883. The van der Waals surface area contributed by atoms with Crippen molar-refractivity contribution < 1.29 is 0 Å². The summed E-state index contributed by atoms with van der Waals surface area (Å²) >= 11 is 0. The van der Waals surface area contributed by atoms with Gasteiger partial charge in [0.25, 0.3) is 0 Å². The van der Waals surface area contributed by atoms with Crippen molar-refractivity contribution in [2.75, 3.05) is 33.2 Å². The van der Waals surface area contributed by atoms with Crippen molar-refractivity contribution in [2.24, 2.45) is 11.8 Å². The molecule has 0 spiro atoms. The highest BCUT2D eigenvalue weighted by atomic mass is 15.1. The minimum atomic E-state index is 0.883. The van der Waals surface area contributed by atoms with Crippen molar-refractivity contribution in [2.45, 2.75) is 33.1 Å². The molecule has 0 aliphatic carbocycles. The Morgan fingerprint density at radius 3 is 2.93 bits per heavy atom. The first-order valence-corrected chi connectivity index (χ1v) is 6.13. The molecule has 1 aliphatic heterocycles. The Bertz CT molecular complexity index is 147. The second kappa shape index (κ2) is 6.41. The van der Waals surface area contributed by atoms with Crippen molar-refractivity contribution in [1.29, 1.82) is 0 Å². The lowest BCUT2D eigenvalue weighted by molar-refractivity contribution is 0.269. The van der Waals surface area contributed by atoms with Crippen LogP contribution in [-0.2, 0) is 0 Å². The summed E-state index contributed by atoms with van der Waals surface area (Å²) < 4.78 is 0. The van der Waals surface area contributed by atoms with E-state index in [1.807, 2.05) is 0 Å². The summed E-state index contributed by atoms with van der Waals surface area (Å²) in [6.45, 7) is 9.81. The van der Waals surface area contributed by atoms with E-state index in [9.17, 15) is 0 Å². The van der Waals surface area contributed by atoms with E-state index >= 15 is 0 Å². The van der Waals surface area contributed by atoms with Gasteiger partial charge in [0.15, 0.2) is 0 Å². The van der Waals surface area contributed by atoms with Crippen LogP contribution in [-0.4, -0.2) is 38.1 Å². The molecule has 1 fully saturated rings. The molecule has 0 bridgehead atoms. The molecule has 0 radical (unpaired) electrons. The van der Waals surface area contributed by atoms with Crippen LogP contribution >= 0.6 is 0 Å². The second-order valence-corrected chi connectivity index (χ2v) is 4.87. The number of hydrogen-bond acceptors (Lipinski definition) is 2. The van der Waals surface area contributed by atoms with E-state index in [1.54, 1.807) is 0 Å². The third kappa shape index (κ3) is 3.97. The Hall–Kier alpha value is -0.0800. The van der Waals surface area contributed by atoms with Gasteiger partial charge in [0.1, 0.15) is 0 Å². The van der Waals surface area contributed by atoms with Gasteiger partial charge in [-0.2, -0.15) is 0 Å². The van der Waals surface area contributed by atoms with Gasteiger partial charge in [-0.1, -0.05) is 20.3 Å². The third-order valence-corrected chi connectivity index (χ3v) is 3.21. The Balaban J connectivity index is 2.15. The third-order valence-electron chi connectivity index (χ3n) is 3.21. The van der Waals surface area contributed by atoms with Gasteiger partial charge >= 0.3 is 0 Å². The quantitative estimate of drug-likeness (QED) is 0.702. The summed E-state index contributed by atoms with van der Waals surface area (Å²) in [6, 6.07) is 0. The van der Waals surface area contributed by atoms with Gasteiger partial charge in [-0.15, -0.1) is 0 Å². The molecule has 1 rings (SSSR count). The standard InChI is InChI=1S/C12H26N2/c1-4-5-11(2)9-14-7-6-12(10-14)8-13-3/h11-13H,4-10H2,1-3H3. The molecule has 1 N–H and O–H groups in total. The van der Waals surface area contributed by atoms with Crippen LogP contribution in [0.2, 0.25) is 0 Å². The van der Waals surface area contributed by atoms with Crippen LogP contribution in [0.4, 0.5) is 0 Å². The van der Waals surface area contributed by atoms with E-state index in [2.05, 4.69) is 31.1 Å². The Morgan fingerprint density at radius 1 is 1.50 bits per heavy atom. The minimum Gasteiger partial charge on any atom is -0.319 e. The van der Waals surface area contributed by atoms with Crippen LogP contribution in [0, 0.1) is 11.8 Å². The number of nitrogens with one attached hydrogen (secondary N) is 1. The zero-order valence-corrected chi connectivity index (χ0v) is 10.1. The molecule has 0 saturated carbocycles. The molecule has 0 aromatic heterocycles. The van der Waals surface area contributed by atoms with Crippen LogP contribution in [0.3, 0.4) is 0 Å². The molecule has 84 valence electrons. The fourth-order valence-electron chi connectivity index (χ4n) is 2.56. The molecule has 2 unspecified atom stereocenters. The largest absolute Gasteiger partial charge is 0.319 e. The monoisotopic (exact) mass is 198 g/mol. The lowest BCUT2D eigenvalue weighted by Gasteiger charge is -2.20. The zero-order chi connectivity index (χ0) is 10.4. The van der Waals surface area contributed by atoms with Crippen molar-refractivity contribution in [1.82, 2.24) is 10.2 Å². The normalized spacial score (nSPS) is 25.5. The fraction of sp³-hybridized carbons (Fsp3) is 1.00. The predicted molar refractivity (Wildman–Crippen MR) is 62.5 cm³/mol. The predicted octanol–water partition coefficient (Wildman–Crippen LogP) is 1.96. The summed E-state index contributed by atoms with van der Waals surface area (Å²) in [5.41, 5.74) is 0. The number of likely N-dealkylation sites (tertiary alicyclic amines) is 1. The lowest BCUT2D eigenvalue weighted by atomic mass is 10.1. The maximum atomic E-state index is 3.28. The van der Waals surface area contributed by atoms with E-state index in [0.29, 0.717) is 0 Å². The molecular formula is C12H26N2. The molecule has 1 aliphatic rings. The summed E-state index contributed by atoms with van der Waals surface area (Å²) in [5.74, 6) is 1.78. The van der Waals surface area contributed by atoms with Gasteiger partial charge in [0.05, 0.1) is 0 Å². The summed E-state index contributed by atoms with van der Waals surface area (Å²) in [5, 5.41) is 3.28. The Morgan fingerprint density at radius 2 is 2.29 bits per heavy atom. The topological polar surface area (TPSA) is 15.3 Å². The van der Waals surface area contributed by atoms with Crippen LogP contribution in [0.15, 0.2) is 0 Å². The van der Waals surface area contributed by atoms with Crippen molar-refractivity contribution in [3.8, 4) is 0 Å². The van der Waals surface area contributed by atoms with Crippen LogP contribution in [0.5, 0.6) is 0 Å². The second-order valence-electron chi connectivity index (χ2n) is 4.87. The lowest BCUT2D eigenvalue weighted by Crippen LogP contribution is -2.28. The SMILES string of the molecule is CCCC(C)CN1CCC(CNC)C1. The van der Waals surface area contributed by atoms with Crippen molar-refractivity contribution in [3.63, 3.8) is 0 Å². The average Bonchev–Trinajstić information content (AvgIpc) is 2.53. The molecule has 2 nitrogen and oxygen atoms in total. The first-order valence-electron chi connectivity index (χ1n) is 6.13. The molecule has 1 saturated heterocycles. The van der Waals surface area contributed by atoms with E-state index in [0.717, 1.165) is 11.8 Å². The average molecular weight is 198 g/mol. The maximum Gasteiger partial charge on any atom is 0.00224 e. The number of nitrogens with zero attached hydrogens (tertiary/aromatic N) is 1. The van der Waals surface area contributed by atoms with Crippen LogP contribution < -0.4 is 5.32 Å². The highest BCUT2D eigenvalue weighted by Crippen LogP contribution is 2.18. The molecule has 0 aromatic carbocycles. The zero-order valence-electron chi connectivity index (χ0n) is 10.1. The van der Waals surface area contributed by atoms with E-state index in [1.165, 1.54) is 45.4 Å². The molecule has 1 heterocycles. The molecule has 0 aromatic rings. The number of hydrogen-bond donors (Lipinski definition) is 1. The highest BCUT2D eigenvalue weighted by molar-refractivity contribution is 4.77. The Kier molecular flexibility index (Phi) is 5.49. The molecule has 0 amide bonds. The smallest absolute Gasteiger partial charge is 0.00224 e. The highest BCUT2D eigenvalue weighted by Gasteiger charge is 2.22. The van der Waals surface area contributed by atoms with Crippen LogP contribution in [0.1, 0.15) is 33.1 Å². The summed E-state index contributed by atoms with van der Waals surface area (Å²) in [6.07, 6.45) is 4.10. The van der Waals surface area contributed by atoms with Crippen LogP contribution in [0.25, 0.3) is 0 Å². The van der Waals surface area contributed by atoms with E-state index in [4.69, 9.17) is 0 Å². The van der Waals surface area contributed by atoms with Gasteiger partial charge in [-0.05, 0) is 44.8 Å². The van der Waals surface area contributed by atoms with Gasteiger partial charge < -0.3 is 10.2 Å². The van der Waals surface area contributed by atoms with E-state index < -0.39 is 0 Å². The van der Waals surface area contributed by atoms with Crippen molar-refractivity contribution in [3.05, 3.63) is 0 Å². The van der Waals surface area contributed by atoms with Gasteiger partial charge in [-0.3, -0.25) is 0 Å². The fourth-order valence-corrected chi connectivity index (χ4v) is 2.56. The van der Waals surface area contributed by atoms with Crippen molar-refractivity contribution >= 4 is 0 Å². The molecule has 14 heavy (non-hydrogen) atoms. The summed E-state index contributed by atoms with van der Waals surface area (Å²) in [4.78, 5) is 2.64. The maximum absolute atomic E-state index is 3.28. The molecule has 2 heteroatoms. The molecule has 2 atom stereocenters. The number of rotatable bonds is 6. The van der Waals surface area contributed by atoms with Gasteiger partial charge in [0, 0.05) is 13.1 Å². The first kappa shape index (κ1) is 12.0. The van der Waals surface area contributed by atoms with E-state index in [-0.39, 0.29) is 0 Å². The molecular weight excluding hydrogens is 172 g/mol.